The second kappa shape index (κ2) is 21.4. The van der Waals surface area contributed by atoms with Gasteiger partial charge in [0.2, 0.25) is 5.88 Å². The fourth-order valence-electron chi connectivity index (χ4n) is 11.5. The molecule has 3 aliphatic heterocycles. The van der Waals surface area contributed by atoms with Gasteiger partial charge >= 0.3 is 12.1 Å². The molecule has 70 heavy (non-hydrogen) atoms. The van der Waals surface area contributed by atoms with Crippen LogP contribution < -0.4 is 13.9 Å². The fourth-order valence-corrected chi connectivity index (χ4v) is 16.7. The van der Waals surface area contributed by atoms with Crippen molar-refractivity contribution >= 4 is 36.1 Å². The van der Waals surface area contributed by atoms with Gasteiger partial charge in [0.05, 0.1) is 23.6 Å². The summed E-state index contributed by atoms with van der Waals surface area (Å²) in [4.78, 5) is 31.0. The maximum absolute atomic E-state index is 17.9. The number of aryl methyl sites for hydroxylation is 1. The van der Waals surface area contributed by atoms with Gasteiger partial charge in [-0.3, -0.25) is 9.88 Å². The molecular weight excluding hydrogens is 912 g/mol. The Bertz CT molecular complexity index is 2610. The zero-order valence-electron chi connectivity index (χ0n) is 42.6. The van der Waals surface area contributed by atoms with Crippen LogP contribution in [0, 0.1) is 11.6 Å². The fraction of sp³-hybridized carbons (Fsp3) is 0.564. The van der Waals surface area contributed by atoms with Crippen LogP contribution in [0.1, 0.15) is 118 Å². The summed E-state index contributed by atoms with van der Waals surface area (Å²) in [6.45, 7) is 21.6. The van der Waals surface area contributed by atoms with E-state index in [1.165, 1.54) is 12.3 Å². The lowest BCUT2D eigenvalue weighted by Crippen LogP contribution is -2.50. The number of fused-ring (bicyclic) bond motifs is 3. The number of ether oxygens (including phenoxy) is 4. The van der Waals surface area contributed by atoms with E-state index < -0.39 is 37.3 Å². The summed E-state index contributed by atoms with van der Waals surface area (Å²) in [5, 5.41) is 1.44. The lowest BCUT2D eigenvalue weighted by molar-refractivity contribution is 0.000746. The van der Waals surface area contributed by atoms with E-state index in [2.05, 4.69) is 51.4 Å². The van der Waals surface area contributed by atoms with Crippen molar-refractivity contribution in [3.63, 3.8) is 0 Å². The first-order chi connectivity index (χ1) is 33.4. The SMILES string of the molecule is CC(C)[Si](Oc1cc(-c2ncc3c(OCc4ccccc4)nc(OC[C@@]45CCCN4C[C@H](F)C5)nc3c2F)c2c(CCCOC3CCCCN(C(=O)OC(C)(C)C)C3)c(F)ccc2c1)(C(C)C)C(C)C. The highest BCUT2D eigenvalue weighted by Gasteiger charge is 2.50. The highest BCUT2D eigenvalue weighted by Crippen LogP contribution is 2.46. The summed E-state index contributed by atoms with van der Waals surface area (Å²) in [5.41, 5.74) is 1.18. The second-order valence-electron chi connectivity index (χ2n) is 21.7. The summed E-state index contributed by atoms with van der Waals surface area (Å²) >= 11 is 0. The second-order valence-corrected chi connectivity index (χ2v) is 27.0. The van der Waals surface area contributed by atoms with E-state index in [1.807, 2.05) is 63.2 Å². The molecule has 5 aromatic rings. The number of carbonyl (C=O) groups excluding carboxylic acids is 1. The van der Waals surface area contributed by atoms with Crippen molar-refractivity contribution in [2.45, 2.75) is 160 Å². The Balaban J connectivity index is 1.19. The first kappa shape index (κ1) is 51.4. The Hall–Kier alpha value is -4.99. The molecule has 3 atom stereocenters. The number of rotatable bonds is 17. The Morgan fingerprint density at radius 3 is 2.40 bits per heavy atom. The molecule has 0 saturated carbocycles. The molecule has 11 nitrogen and oxygen atoms in total. The maximum Gasteiger partial charge on any atom is 0.410 e. The van der Waals surface area contributed by atoms with E-state index in [4.69, 9.17) is 33.3 Å². The van der Waals surface area contributed by atoms with Crippen molar-refractivity contribution in [3.8, 4) is 28.9 Å². The highest BCUT2D eigenvalue weighted by molar-refractivity contribution is 6.78. The van der Waals surface area contributed by atoms with Crippen LogP contribution in [0.25, 0.3) is 32.9 Å². The molecule has 3 aliphatic rings. The average Bonchev–Trinajstić information content (AvgIpc) is 3.72. The zero-order valence-corrected chi connectivity index (χ0v) is 43.6. The summed E-state index contributed by atoms with van der Waals surface area (Å²) in [7, 11) is -2.54. The number of hydrogen-bond acceptors (Lipinski definition) is 10. The van der Waals surface area contributed by atoms with Gasteiger partial charge in [-0.05, 0) is 129 Å². The van der Waals surface area contributed by atoms with E-state index in [0.717, 1.165) is 44.2 Å². The lowest BCUT2D eigenvalue weighted by atomic mass is 9.93. The Morgan fingerprint density at radius 1 is 0.914 bits per heavy atom. The molecule has 5 heterocycles. The number of amides is 1. The minimum absolute atomic E-state index is 0.0343. The zero-order chi connectivity index (χ0) is 50.0. The topological polar surface area (TPSA) is 108 Å². The summed E-state index contributed by atoms with van der Waals surface area (Å²) in [6.07, 6.45) is 5.36. The third-order valence-electron chi connectivity index (χ3n) is 14.7. The average molecular weight is 984 g/mol. The van der Waals surface area contributed by atoms with Crippen molar-refractivity contribution in [2.24, 2.45) is 0 Å². The first-order valence-corrected chi connectivity index (χ1v) is 27.6. The molecule has 0 bridgehead atoms. The molecule has 15 heteroatoms. The van der Waals surface area contributed by atoms with Gasteiger partial charge < -0.3 is 28.3 Å². The van der Waals surface area contributed by atoms with Gasteiger partial charge in [0.15, 0.2) is 5.82 Å². The Morgan fingerprint density at radius 2 is 1.67 bits per heavy atom. The van der Waals surface area contributed by atoms with Crippen LogP contribution in [0.4, 0.5) is 18.0 Å². The van der Waals surface area contributed by atoms with Crippen molar-refractivity contribution in [1.82, 2.24) is 24.8 Å². The quantitative estimate of drug-likeness (QED) is 0.0660. The van der Waals surface area contributed by atoms with Crippen LogP contribution in [0.15, 0.2) is 60.8 Å². The number of benzene rings is 3. The van der Waals surface area contributed by atoms with E-state index in [0.29, 0.717) is 66.7 Å². The number of likely N-dealkylation sites (tertiary alicyclic amines) is 1. The third kappa shape index (κ3) is 11.1. The lowest BCUT2D eigenvalue weighted by Gasteiger charge is -2.42. The van der Waals surface area contributed by atoms with Crippen molar-refractivity contribution in [1.29, 1.82) is 0 Å². The summed E-state index contributed by atoms with van der Waals surface area (Å²) in [5.74, 6) is -0.519. The van der Waals surface area contributed by atoms with Gasteiger partial charge in [0.25, 0.3) is 8.32 Å². The van der Waals surface area contributed by atoms with Crippen LogP contribution >= 0.6 is 0 Å². The molecule has 0 spiro atoms. The largest absolute Gasteiger partial charge is 0.543 e. The molecule has 1 unspecified atom stereocenters. The summed E-state index contributed by atoms with van der Waals surface area (Å²) < 4.78 is 81.2. The predicted octanol–water partition coefficient (Wildman–Crippen LogP) is 13.0. The normalized spacial score (nSPS) is 20.2. The third-order valence-corrected chi connectivity index (χ3v) is 20.7. The number of aromatic nitrogens is 3. The smallest absolute Gasteiger partial charge is 0.410 e. The molecule has 2 aromatic heterocycles. The molecule has 1 amide bonds. The number of hydrogen-bond donors (Lipinski definition) is 0. The molecular formula is C55H72F3N5O6Si. The number of pyridine rings is 1. The number of halogens is 3. The standard InChI is InChI=1S/C55H72F3N5O6Si/c1-35(2)70(36(3)4,37(5)6)69-42-27-39-21-22-46(57)43(20-15-26-65-41-19-13-14-24-62(32-41)53(64)68-54(7,8)9)47(39)44(28-42)49-48(58)50-45(30-59-49)51(66-33-38-17-11-10-12-18-38)61-52(60-50)67-34-55-23-16-25-63(55)31-40(56)29-55/h10-12,17-18,21-22,27-28,30,35-37,40-41H,13-16,19-20,23-26,29,31-34H2,1-9H3/t40-,41?,55+/m1/s1. The Kier molecular flexibility index (Phi) is 15.7. The molecule has 0 N–H and O–H groups in total. The van der Waals surface area contributed by atoms with E-state index in [1.54, 1.807) is 11.0 Å². The number of carbonyl (C=O) groups is 1. The van der Waals surface area contributed by atoms with Gasteiger partial charge in [0.1, 0.15) is 47.8 Å². The molecule has 378 valence electrons. The number of alkyl halides is 1. The van der Waals surface area contributed by atoms with Gasteiger partial charge in [-0.1, -0.05) is 77.9 Å². The molecule has 8 rings (SSSR count). The van der Waals surface area contributed by atoms with Crippen molar-refractivity contribution in [3.05, 3.63) is 83.6 Å². The first-order valence-electron chi connectivity index (χ1n) is 25.5. The Labute approximate surface area is 412 Å². The van der Waals surface area contributed by atoms with Crippen LogP contribution in [0.3, 0.4) is 0 Å². The number of nitrogens with zero attached hydrogens (tertiary/aromatic N) is 5. The molecule has 3 fully saturated rings. The predicted molar refractivity (Wildman–Crippen MR) is 271 cm³/mol. The van der Waals surface area contributed by atoms with Crippen LogP contribution in [0.5, 0.6) is 17.6 Å². The van der Waals surface area contributed by atoms with Gasteiger partial charge in [-0.25, -0.2) is 18.0 Å². The molecule has 0 radical (unpaired) electrons. The monoisotopic (exact) mass is 984 g/mol. The minimum Gasteiger partial charge on any atom is -0.543 e. The highest BCUT2D eigenvalue weighted by atomic mass is 28.4. The van der Waals surface area contributed by atoms with Crippen LogP contribution in [-0.4, -0.2) is 102 Å². The molecule has 3 aromatic carbocycles. The van der Waals surface area contributed by atoms with Gasteiger partial charge in [0, 0.05) is 37.9 Å². The van der Waals surface area contributed by atoms with E-state index in [9.17, 15) is 9.18 Å². The van der Waals surface area contributed by atoms with Crippen molar-refractivity contribution in [2.75, 3.05) is 39.4 Å². The van der Waals surface area contributed by atoms with E-state index in [-0.39, 0.29) is 76.9 Å². The van der Waals surface area contributed by atoms with Gasteiger partial charge in [-0.15, -0.1) is 0 Å². The maximum atomic E-state index is 17.9. The molecule has 3 saturated heterocycles. The van der Waals surface area contributed by atoms with Crippen LogP contribution in [0.2, 0.25) is 16.6 Å². The van der Waals surface area contributed by atoms with Gasteiger partial charge in [-0.2, -0.15) is 9.97 Å². The summed E-state index contributed by atoms with van der Waals surface area (Å²) in [6, 6.07) is 16.4. The van der Waals surface area contributed by atoms with Crippen LogP contribution in [-0.2, 0) is 22.5 Å². The molecule has 0 aliphatic carbocycles. The minimum atomic E-state index is -2.54. The van der Waals surface area contributed by atoms with Crippen molar-refractivity contribution < 1.29 is 41.3 Å². The van der Waals surface area contributed by atoms with E-state index >= 15 is 8.78 Å².